The Bertz CT molecular complexity index is 438. The highest BCUT2D eigenvalue weighted by Gasteiger charge is 2.18. The summed E-state index contributed by atoms with van der Waals surface area (Å²) in [6.45, 7) is 3.97. The molecule has 124 valence electrons. The summed E-state index contributed by atoms with van der Waals surface area (Å²) in [5.41, 5.74) is 0. The second-order valence-electron chi connectivity index (χ2n) is 5.12. The Morgan fingerprint density at radius 2 is 2.45 bits per heavy atom. The van der Waals surface area contributed by atoms with E-state index in [2.05, 4.69) is 27.2 Å². The van der Waals surface area contributed by atoms with Crippen LogP contribution in [0.25, 0.3) is 0 Å². The molecule has 0 radical (unpaired) electrons. The van der Waals surface area contributed by atoms with Crippen molar-refractivity contribution in [3.63, 3.8) is 0 Å². The smallest absolute Gasteiger partial charge is 0.193 e. The summed E-state index contributed by atoms with van der Waals surface area (Å²) in [6, 6.07) is 3.76. The lowest BCUT2D eigenvalue weighted by molar-refractivity contribution is 0.181. The Morgan fingerprint density at radius 3 is 3.09 bits per heavy atom. The number of nitrogens with zero attached hydrogens (tertiary/aromatic N) is 3. The molecule has 1 aromatic heterocycles. The Balaban J connectivity index is 0.00000242. The van der Waals surface area contributed by atoms with Gasteiger partial charge in [0.05, 0.1) is 19.3 Å². The van der Waals surface area contributed by atoms with Crippen LogP contribution in [-0.4, -0.2) is 62.8 Å². The lowest BCUT2D eigenvalue weighted by atomic mass is 10.1. The molecule has 1 atom stereocenters. The molecule has 0 bridgehead atoms. The summed E-state index contributed by atoms with van der Waals surface area (Å²) in [6.07, 6.45) is 4.57. The molecular weight excluding hydrogens is 395 g/mol. The molecule has 0 spiro atoms. The topological polar surface area (TPSA) is 59.0 Å². The van der Waals surface area contributed by atoms with Gasteiger partial charge in [-0.05, 0) is 18.6 Å². The Hall–Kier alpha value is -1.09. The van der Waals surface area contributed by atoms with Gasteiger partial charge in [0.1, 0.15) is 12.4 Å². The third-order valence-electron chi connectivity index (χ3n) is 3.42. The van der Waals surface area contributed by atoms with E-state index in [-0.39, 0.29) is 24.0 Å². The van der Waals surface area contributed by atoms with E-state index in [0.29, 0.717) is 19.1 Å². The van der Waals surface area contributed by atoms with E-state index in [0.717, 1.165) is 37.9 Å². The molecule has 1 N–H and O–H groups in total. The Labute approximate surface area is 149 Å². The average molecular weight is 420 g/mol. The molecule has 1 aliphatic heterocycles. The van der Waals surface area contributed by atoms with Gasteiger partial charge in [-0.1, -0.05) is 0 Å². The predicted octanol–water partition coefficient (Wildman–Crippen LogP) is 1.62. The van der Waals surface area contributed by atoms with Crippen molar-refractivity contribution in [2.45, 2.75) is 6.42 Å². The third kappa shape index (κ3) is 6.35. The first kappa shape index (κ1) is 19.0. The van der Waals surface area contributed by atoms with E-state index >= 15 is 0 Å². The zero-order chi connectivity index (χ0) is 14.9. The number of rotatable bonds is 6. The maximum Gasteiger partial charge on any atom is 0.193 e. The molecule has 1 fully saturated rings. The number of ether oxygens (including phenoxy) is 2. The van der Waals surface area contributed by atoms with Crippen LogP contribution in [0.3, 0.4) is 0 Å². The Kier molecular flexibility index (Phi) is 9.14. The molecule has 2 rings (SSSR count). The summed E-state index contributed by atoms with van der Waals surface area (Å²) >= 11 is 0. The van der Waals surface area contributed by atoms with E-state index in [4.69, 9.17) is 9.47 Å². The highest BCUT2D eigenvalue weighted by atomic mass is 127. The fourth-order valence-corrected chi connectivity index (χ4v) is 2.35. The van der Waals surface area contributed by atoms with Crippen molar-refractivity contribution in [1.82, 2.24) is 15.2 Å². The molecule has 1 unspecified atom stereocenters. The molecule has 6 nitrogen and oxygen atoms in total. The lowest BCUT2D eigenvalue weighted by Gasteiger charge is -2.24. The van der Waals surface area contributed by atoms with Gasteiger partial charge in [0.15, 0.2) is 5.96 Å². The normalized spacial score (nSPS) is 17.7. The van der Waals surface area contributed by atoms with Crippen LogP contribution in [0.4, 0.5) is 0 Å². The van der Waals surface area contributed by atoms with Crippen molar-refractivity contribution in [3.8, 4) is 5.75 Å². The minimum absolute atomic E-state index is 0. The molecule has 0 aromatic carbocycles. The van der Waals surface area contributed by atoms with E-state index in [1.165, 1.54) is 0 Å². The predicted molar refractivity (Wildman–Crippen MR) is 98.1 cm³/mol. The maximum absolute atomic E-state index is 5.60. The number of nitrogens with one attached hydrogen (secondary N) is 1. The number of halogens is 1. The van der Waals surface area contributed by atoms with Gasteiger partial charge in [-0.2, -0.15) is 0 Å². The zero-order valence-electron chi connectivity index (χ0n) is 13.2. The van der Waals surface area contributed by atoms with E-state index in [1.54, 1.807) is 19.4 Å². The SMILES string of the molecule is CN=C(NCCOc1cccnc1)N(C)CC1CCOC1.I. The molecule has 0 saturated carbocycles. The highest BCUT2D eigenvalue weighted by Crippen LogP contribution is 2.13. The van der Waals surface area contributed by atoms with E-state index < -0.39 is 0 Å². The number of aliphatic imine (C=N–C) groups is 1. The average Bonchev–Trinajstić information content (AvgIpc) is 3.01. The van der Waals surface area contributed by atoms with Crippen LogP contribution < -0.4 is 10.1 Å². The summed E-state index contributed by atoms with van der Waals surface area (Å²) < 4.78 is 11.0. The van der Waals surface area contributed by atoms with Gasteiger partial charge in [0, 0.05) is 39.4 Å². The molecule has 1 saturated heterocycles. The Morgan fingerprint density at radius 1 is 1.59 bits per heavy atom. The second-order valence-corrected chi connectivity index (χ2v) is 5.12. The standard InChI is InChI=1S/C15H24N4O2.HI/c1-16-15(19(2)11-13-5-8-20-12-13)18-7-9-21-14-4-3-6-17-10-14;/h3-4,6,10,13H,5,7-9,11-12H2,1-2H3,(H,16,18);1H. The zero-order valence-corrected chi connectivity index (χ0v) is 15.5. The minimum atomic E-state index is 0. The van der Waals surface area contributed by atoms with Crippen molar-refractivity contribution in [1.29, 1.82) is 0 Å². The fraction of sp³-hybridized carbons (Fsp3) is 0.600. The minimum Gasteiger partial charge on any atom is -0.490 e. The van der Waals surface area contributed by atoms with Gasteiger partial charge in [-0.25, -0.2) is 0 Å². The number of hydrogen-bond donors (Lipinski definition) is 1. The van der Waals surface area contributed by atoms with Crippen molar-refractivity contribution < 1.29 is 9.47 Å². The summed E-state index contributed by atoms with van der Waals surface area (Å²) in [4.78, 5) is 10.5. The third-order valence-corrected chi connectivity index (χ3v) is 3.42. The van der Waals surface area contributed by atoms with Crippen LogP contribution in [0.15, 0.2) is 29.5 Å². The first-order valence-electron chi connectivity index (χ1n) is 7.32. The highest BCUT2D eigenvalue weighted by molar-refractivity contribution is 14.0. The van der Waals surface area contributed by atoms with Crippen molar-refractivity contribution in [2.75, 3.05) is 47.0 Å². The largest absolute Gasteiger partial charge is 0.490 e. The van der Waals surface area contributed by atoms with Gasteiger partial charge < -0.3 is 19.7 Å². The number of pyridine rings is 1. The van der Waals surface area contributed by atoms with Crippen LogP contribution in [0.1, 0.15) is 6.42 Å². The maximum atomic E-state index is 5.60. The molecule has 22 heavy (non-hydrogen) atoms. The molecule has 2 heterocycles. The van der Waals surface area contributed by atoms with Gasteiger partial charge in [0.2, 0.25) is 0 Å². The molecular formula is C15H25IN4O2. The summed E-state index contributed by atoms with van der Waals surface area (Å²) in [5, 5.41) is 3.30. The van der Waals surface area contributed by atoms with E-state index in [1.807, 2.05) is 12.1 Å². The molecule has 7 heteroatoms. The quantitative estimate of drug-likeness (QED) is 0.328. The lowest BCUT2D eigenvalue weighted by Crippen LogP contribution is -2.42. The van der Waals surface area contributed by atoms with Gasteiger partial charge in [-0.15, -0.1) is 24.0 Å². The van der Waals surface area contributed by atoms with Crippen LogP contribution in [0.5, 0.6) is 5.75 Å². The van der Waals surface area contributed by atoms with Gasteiger partial charge in [-0.3, -0.25) is 9.98 Å². The molecule has 0 aliphatic carbocycles. The van der Waals surface area contributed by atoms with Crippen LogP contribution >= 0.6 is 24.0 Å². The van der Waals surface area contributed by atoms with Crippen LogP contribution in [0.2, 0.25) is 0 Å². The van der Waals surface area contributed by atoms with Gasteiger partial charge >= 0.3 is 0 Å². The summed E-state index contributed by atoms with van der Waals surface area (Å²) in [7, 11) is 3.85. The van der Waals surface area contributed by atoms with Crippen molar-refractivity contribution in [2.24, 2.45) is 10.9 Å². The number of aromatic nitrogens is 1. The monoisotopic (exact) mass is 420 g/mol. The first-order valence-corrected chi connectivity index (χ1v) is 7.32. The van der Waals surface area contributed by atoms with Crippen LogP contribution in [0, 0.1) is 5.92 Å². The van der Waals surface area contributed by atoms with Crippen molar-refractivity contribution >= 4 is 29.9 Å². The second kappa shape index (κ2) is 10.6. The number of guanidine groups is 1. The summed E-state index contributed by atoms with van der Waals surface area (Å²) in [5.74, 6) is 2.27. The first-order chi connectivity index (χ1) is 10.3. The van der Waals surface area contributed by atoms with Gasteiger partial charge in [0.25, 0.3) is 0 Å². The molecule has 1 aromatic rings. The van der Waals surface area contributed by atoms with Crippen molar-refractivity contribution in [3.05, 3.63) is 24.5 Å². The molecule has 1 aliphatic rings. The fourth-order valence-electron chi connectivity index (χ4n) is 2.35. The molecule has 0 amide bonds. The van der Waals surface area contributed by atoms with Crippen LogP contribution in [-0.2, 0) is 4.74 Å². The number of hydrogen-bond acceptors (Lipinski definition) is 4. The van der Waals surface area contributed by atoms with E-state index in [9.17, 15) is 0 Å².